The fourth-order valence-electron chi connectivity index (χ4n) is 5.42. The standard InChI is InChI=1S/C34H33ClF2N6O/c35-25-4-13-30-31(24-25)38-15-14-32(30)41-16-18-42(19-17-41)33(39-28-9-5-26(36)6-10-28)2-1-3-34(43-20-22-44-23-21-43)40-29-11-7-27(37)8-12-29/h1-15,24H,16-23H2,(H,39,40)/p+1. The van der Waals surface area contributed by atoms with Crippen molar-refractivity contribution >= 4 is 45.4 Å². The first-order valence-corrected chi connectivity index (χ1v) is 15.1. The van der Waals surface area contributed by atoms with Crippen LogP contribution < -0.4 is 15.5 Å². The maximum Gasteiger partial charge on any atom is 0.274 e. The third-order valence-electron chi connectivity index (χ3n) is 7.74. The molecule has 2 aliphatic rings. The van der Waals surface area contributed by atoms with Gasteiger partial charge in [-0.25, -0.2) is 14.1 Å². The van der Waals surface area contributed by atoms with E-state index < -0.39 is 0 Å². The smallest absolute Gasteiger partial charge is 0.274 e. The first-order chi connectivity index (χ1) is 21.5. The topological polar surface area (TPSA) is 55.7 Å². The van der Waals surface area contributed by atoms with Crippen molar-refractivity contribution in [1.82, 2.24) is 9.88 Å². The minimum absolute atomic E-state index is 0.278. The van der Waals surface area contributed by atoms with Gasteiger partial charge in [-0.05, 0) is 78.9 Å². The average molecular weight is 616 g/mol. The minimum Gasteiger partial charge on any atom is -0.373 e. The van der Waals surface area contributed by atoms with E-state index in [1.165, 1.54) is 24.3 Å². The van der Waals surface area contributed by atoms with Gasteiger partial charge < -0.3 is 19.9 Å². The molecule has 3 aromatic carbocycles. The summed E-state index contributed by atoms with van der Waals surface area (Å²) in [6.45, 7) is 5.94. The summed E-state index contributed by atoms with van der Waals surface area (Å²) in [6.07, 6.45) is 7.88. The molecule has 0 amide bonds. The van der Waals surface area contributed by atoms with Crippen molar-refractivity contribution in [3.8, 4) is 0 Å². The summed E-state index contributed by atoms with van der Waals surface area (Å²) in [5.41, 5.74) is 3.61. The molecule has 0 aliphatic carbocycles. The number of ether oxygens (including phenoxy) is 1. The molecule has 226 valence electrons. The number of rotatable bonds is 7. The molecule has 44 heavy (non-hydrogen) atoms. The van der Waals surface area contributed by atoms with Crippen molar-refractivity contribution in [2.45, 2.75) is 0 Å². The Morgan fingerprint density at radius 3 is 2.18 bits per heavy atom. The molecular weight excluding hydrogens is 582 g/mol. The number of nitrogens with zero attached hydrogens (tertiary/aromatic N) is 4. The number of amidine groups is 1. The third kappa shape index (κ3) is 7.35. The lowest BCUT2D eigenvalue weighted by atomic mass is 10.1. The number of allylic oxidation sites excluding steroid dienone is 2. The van der Waals surface area contributed by atoms with E-state index in [0.717, 1.165) is 78.9 Å². The van der Waals surface area contributed by atoms with Gasteiger partial charge >= 0.3 is 0 Å². The first-order valence-electron chi connectivity index (χ1n) is 14.7. The van der Waals surface area contributed by atoms with E-state index in [4.69, 9.17) is 16.3 Å². The number of piperazine rings is 1. The van der Waals surface area contributed by atoms with Crippen LogP contribution in [-0.4, -0.2) is 72.8 Å². The van der Waals surface area contributed by atoms with Gasteiger partial charge in [-0.3, -0.25) is 9.56 Å². The number of pyridine rings is 1. The van der Waals surface area contributed by atoms with Crippen LogP contribution in [0.1, 0.15) is 0 Å². The molecule has 0 spiro atoms. The molecule has 0 radical (unpaired) electrons. The second kappa shape index (κ2) is 13.9. The third-order valence-corrected chi connectivity index (χ3v) is 7.97. The Balaban J connectivity index is 1.24. The lowest BCUT2D eigenvalue weighted by Gasteiger charge is -2.39. The van der Waals surface area contributed by atoms with E-state index in [1.807, 2.05) is 42.6 Å². The van der Waals surface area contributed by atoms with Crippen LogP contribution in [0.3, 0.4) is 0 Å². The Kier molecular flexibility index (Phi) is 9.34. The first kappa shape index (κ1) is 29.6. The van der Waals surface area contributed by atoms with Gasteiger partial charge in [-0.1, -0.05) is 17.7 Å². The van der Waals surface area contributed by atoms with Gasteiger partial charge in [-0.15, -0.1) is 0 Å². The van der Waals surface area contributed by atoms with Gasteiger partial charge in [0.05, 0.1) is 18.7 Å². The second-order valence-corrected chi connectivity index (χ2v) is 11.1. The van der Waals surface area contributed by atoms with Crippen LogP contribution in [0.15, 0.2) is 103 Å². The van der Waals surface area contributed by atoms with Crippen molar-refractivity contribution in [3.05, 3.63) is 120 Å². The predicted octanol–water partition coefficient (Wildman–Crippen LogP) is 6.35. The maximum absolute atomic E-state index is 13.7. The molecular formula is C34H34ClF2N6O+. The zero-order valence-electron chi connectivity index (χ0n) is 24.2. The average Bonchev–Trinajstić information content (AvgIpc) is 3.06. The molecule has 2 aliphatic heterocycles. The minimum atomic E-state index is -0.280. The highest BCUT2D eigenvalue weighted by atomic mass is 35.5. The largest absolute Gasteiger partial charge is 0.373 e. The normalized spacial score (nSPS) is 16.1. The van der Waals surface area contributed by atoms with E-state index in [-0.39, 0.29) is 11.6 Å². The summed E-state index contributed by atoms with van der Waals surface area (Å²) >= 11 is 6.21. The number of hydrogen-bond donors (Lipinski definition) is 2. The molecule has 6 rings (SSSR count). The van der Waals surface area contributed by atoms with Crippen LogP contribution in [0, 0.1) is 11.6 Å². The van der Waals surface area contributed by atoms with Crippen LogP contribution in [-0.2, 0) is 4.74 Å². The number of benzene rings is 3. The zero-order valence-corrected chi connectivity index (χ0v) is 25.0. The SMILES string of the molecule is Fc1ccc(NC(=CC=CC(Nc2ccc(F)cc2)=[N+]2CCOCC2)N2CCN(c3ccnc4cc(Cl)ccc34)CC2)cc1. The second-order valence-electron chi connectivity index (χ2n) is 10.6. The Labute approximate surface area is 260 Å². The number of nitrogens with one attached hydrogen (secondary N) is 2. The van der Waals surface area contributed by atoms with Gasteiger partial charge in [0, 0.05) is 60.2 Å². The van der Waals surface area contributed by atoms with Crippen molar-refractivity contribution in [3.63, 3.8) is 0 Å². The van der Waals surface area contributed by atoms with Gasteiger partial charge in [0.2, 0.25) is 0 Å². The predicted molar refractivity (Wildman–Crippen MR) is 174 cm³/mol. The van der Waals surface area contributed by atoms with Crippen LogP contribution >= 0.6 is 11.6 Å². The van der Waals surface area contributed by atoms with Gasteiger partial charge in [0.25, 0.3) is 5.84 Å². The van der Waals surface area contributed by atoms with Crippen LogP contribution in [0.5, 0.6) is 0 Å². The van der Waals surface area contributed by atoms with E-state index in [0.29, 0.717) is 18.2 Å². The van der Waals surface area contributed by atoms with Crippen molar-refractivity contribution in [1.29, 1.82) is 0 Å². The fourth-order valence-corrected chi connectivity index (χ4v) is 5.59. The van der Waals surface area contributed by atoms with E-state index in [9.17, 15) is 8.78 Å². The Bertz CT molecular complexity index is 1670. The van der Waals surface area contributed by atoms with Gasteiger partial charge in [0.15, 0.2) is 0 Å². The van der Waals surface area contributed by atoms with Crippen molar-refractivity contribution in [2.75, 3.05) is 68.0 Å². The quantitative estimate of drug-likeness (QED) is 0.144. The van der Waals surface area contributed by atoms with Crippen molar-refractivity contribution in [2.24, 2.45) is 0 Å². The van der Waals surface area contributed by atoms with Gasteiger partial charge in [-0.2, -0.15) is 0 Å². The molecule has 0 unspecified atom stereocenters. The number of anilines is 3. The summed E-state index contributed by atoms with van der Waals surface area (Å²) in [5, 5.41) is 8.68. The number of hydrogen-bond acceptors (Lipinski definition) is 5. The summed E-state index contributed by atoms with van der Waals surface area (Å²) < 4.78 is 35.0. The summed E-state index contributed by atoms with van der Waals surface area (Å²) in [6, 6.07) is 20.6. The van der Waals surface area contributed by atoms with Crippen LogP contribution in [0.4, 0.5) is 25.8 Å². The van der Waals surface area contributed by atoms with E-state index in [2.05, 4.69) is 36.1 Å². The fraction of sp³-hybridized carbons (Fsp3) is 0.235. The number of fused-ring (bicyclic) bond motifs is 1. The lowest BCUT2D eigenvalue weighted by molar-refractivity contribution is -0.548. The number of aromatic nitrogens is 1. The Morgan fingerprint density at radius 2 is 1.50 bits per heavy atom. The van der Waals surface area contributed by atoms with Gasteiger partial charge in [0.1, 0.15) is 36.2 Å². The Morgan fingerprint density at radius 1 is 0.841 bits per heavy atom. The molecule has 0 saturated carbocycles. The van der Waals surface area contributed by atoms with Crippen molar-refractivity contribution < 1.29 is 18.1 Å². The van der Waals surface area contributed by atoms with Crippen LogP contribution in [0.2, 0.25) is 5.02 Å². The highest BCUT2D eigenvalue weighted by molar-refractivity contribution is 6.31. The summed E-state index contributed by atoms with van der Waals surface area (Å²) in [7, 11) is 0. The molecule has 7 nitrogen and oxygen atoms in total. The molecule has 2 saturated heterocycles. The lowest BCUT2D eigenvalue weighted by Crippen LogP contribution is -2.47. The molecule has 2 N–H and O–H groups in total. The highest BCUT2D eigenvalue weighted by Crippen LogP contribution is 2.29. The monoisotopic (exact) mass is 615 g/mol. The zero-order chi connectivity index (χ0) is 30.3. The molecule has 0 atom stereocenters. The highest BCUT2D eigenvalue weighted by Gasteiger charge is 2.21. The molecule has 10 heteroatoms. The molecule has 2 fully saturated rings. The van der Waals surface area contributed by atoms with Crippen LogP contribution in [0.25, 0.3) is 10.9 Å². The molecule has 0 bridgehead atoms. The molecule has 3 heterocycles. The van der Waals surface area contributed by atoms with E-state index >= 15 is 0 Å². The summed E-state index contributed by atoms with van der Waals surface area (Å²) in [4.78, 5) is 9.17. The maximum atomic E-state index is 13.7. The number of morpholine rings is 1. The Hall–Kier alpha value is -4.47. The molecule has 4 aromatic rings. The van der Waals surface area contributed by atoms with E-state index in [1.54, 1.807) is 24.3 Å². The molecule has 1 aromatic heterocycles. The number of halogens is 3. The summed E-state index contributed by atoms with van der Waals surface area (Å²) in [5.74, 6) is 1.24.